The van der Waals surface area contributed by atoms with Crippen molar-refractivity contribution in [2.45, 2.75) is 50.5 Å². The fourth-order valence-electron chi connectivity index (χ4n) is 3.63. The van der Waals surface area contributed by atoms with Crippen LogP contribution in [-0.2, 0) is 11.2 Å². The van der Waals surface area contributed by atoms with Gasteiger partial charge < -0.3 is 10.6 Å². The molecule has 0 spiro atoms. The Hall–Kier alpha value is -1.42. The molecule has 3 nitrogen and oxygen atoms in total. The Labute approximate surface area is 131 Å². The van der Waals surface area contributed by atoms with Crippen LogP contribution >= 0.6 is 0 Å². The molecule has 1 heterocycles. The zero-order chi connectivity index (χ0) is 15.6. The molecule has 0 unspecified atom stereocenters. The van der Waals surface area contributed by atoms with Gasteiger partial charge in [-0.3, -0.25) is 4.79 Å². The van der Waals surface area contributed by atoms with Crippen LogP contribution in [0.5, 0.6) is 0 Å². The molecule has 1 amide bonds. The normalized spacial score (nSPS) is 23.9. The van der Waals surface area contributed by atoms with E-state index in [1.54, 1.807) is 6.07 Å². The molecule has 0 radical (unpaired) electrons. The molecule has 1 aliphatic heterocycles. The standard InChI is InChI=1S/C18H25FN2O/c19-16-7-2-1-6-15(16)9-8-14-5-3-12-21(13-14)17(22)18(20)10-4-11-18/h1-2,6-7,14H,3-5,8-13,20H2/t14-/m1/s1. The van der Waals surface area contributed by atoms with Gasteiger partial charge in [-0.2, -0.15) is 0 Å². The summed E-state index contributed by atoms with van der Waals surface area (Å²) >= 11 is 0. The van der Waals surface area contributed by atoms with Gasteiger partial charge in [-0.25, -0.2) is 4.39 Å². The van der Waals surface area contributed by atoms with Crippen LogP contribution in [0.1, 0.15) is 44.1 Å². The van der Waals surface area contributed by atoms with Crippen molar-refractivity contribution in [3.05, 3.63) is 35.6 Å². The van der Waals surface area contributed by atoms with Gasteiger partial charge in [-0.05, 0) is 62.5 Å². The second-order valence-corrected chi connectivity index (χ2v) is 6.90. The third-order valence-corrected chi connectivity index (χ3v) is 5.26. The molecule has 1 atom stereocenters. The van der Waals surface area contributed by atoms with Gasteiger partial charge in [0.2, 0.25) is 5.91 Å². The maximum atomic E-state index is 13.7. The highest BCUT2D eigenvalue weighted by atomic mass is 19.1. The van der Waals surface area contributed by atoms with Crippen molar-refractivity contribution in [3.8, 4) is 0 Å². The Morgan fingerprint density at radius 1 is 1.32 bits per heavy atom. The van der Waals surface area contributed by atoms with E-state index >= 15 is 0 Å². The van der Waals surface area contributed by atoms with Gasteiger partial charge in [0, 0.05) is 13.1 Å². The van der Waals surface area contributed by atoms with E-state index in [-0.39, 0.29) is 11.7 Å². The molecule has 1 saturated heterocycles. The van der Waals surface area contributed by atoms with Crippen molar-refractivity contribution in [2.24, 2.45) is 11.7 Å². The summed E-state index contributed by atoms with van der Waals surface area (Å²) in [6.45, 7) is 1.61. The van der Waals surface area contributed by atoms with Crippen molar-refractivity contribution in [1.82, 2.24) is 4.90 Å². The Kier molecular flexibility index (Phi) is 4.48. The molecular weight excluding hydrogens is 279 g/mol. The number of amides is 1. The van der Waals surface area contributed by atoms with Crippen molar-refractivity contribution < 1.29 is 9.18 Å². The van der Waals surface area contributed by atoms with E-state index in [1.807, 2.05) is 17.0 Å². The summed E-state index contributed by atoms with van der Waals surface area (Å²) in [5.74, 6) is 0.469. The Bertz CT molecular complexity index is 542. The van der Waals surface area contributed by atoms with Crippen LogP contribution in [0, 0.1) is 11.7 Å². The number of carbonyl (C=O) groups is 1. The monoisotopic (exact) mass is 304 g/mol. The number of carbonyl (C=O) groups excluding carboxylic acids is 1. The van der Waals surface area contributed by atoms with Gasteiger partial charge in [0.15, 0.2) is 0 Å². The number of piperidine rings is 1. The maximum Gasteiger partial charge on any atom is 0.242 e. The molecular formula is C18H25FN2O. The zero-order valence-electron chi connectivity index (χ0n) is 13.1. The highest BCUT2D eigenvalue weighted by Crippen LogP contribution is 2.33. The molecule has 0 bridgehead atoms. The fraction of sp³-hybridized carbons (Fsp3) is 0.611. The quantitative estimate of drug-likeness (QED) is 0.929. The lowest BCUT2D eigenvalue weighted by Gasteiger charge is -2.43. The lowest BCUT2D eigenvalue weighted by atomic mass is 9.76. The van der Waals surface area contributed by atoms with Gasteiger partial charge in [-0.15, -0.1) is 0 Å². The first-order valence-electron chi connectivity index (χ1n) is 8.40. The minimum Gasteiger partial charge on any atom is -0.341 e. The third-order valence-electron chi connectivity index (χ3n) is 5.26. The van der Waals surface area contributed by atoms with Crippen LogP contribution < -0.4 is 5.73 Å². The molecule has 1 saturated carbocycles. The summed E-state index contributed by atoms with van der Waals surface area (Å²) in [5.41, 5.74) is 6.35. The van der Waals surface area contributed by atoms with Crippen LogP contribution in [-0.4, -0.2) is 29.4 Å². The van der Waals surface area contributed by atoms with Crippen LogP contribution in [0.3, 0.4) is 0 Å². The number of aryl methyl sites for hydroxylation is 1. The highest BCUT2D eigenvalue weighted by molar-refractivity contribution is 5.87. The number of rotatable bonds is 4. The van der Waals surface area contributed by atoms with Crippen molar-refractivity contribution in [2.75, 3.05) is 13.1 Å². The zero-order valence-corrected chi connectivity index (χ0v) is 13.1. The number of nitrogens with zero attached hydrogens (tertiary/aromatic N) is 1. The minimum absolute atomic E-state index is 0.123. The number of likely N-dealkylation sites (tertiary alicyclic amines) is 1. The van der Waals surface area contributed by atoms with Crippen LogP contribution in [0.15, 0.2) is 24.3 Å². The summed E-state index contributed by atoms with van der Waals surface area (Å²) in [5, 5.41) is 0. The molecule has 3 rings (SSSR count). The Morgan fingerprint density at radius 2 is 2.09 bits per heavy atom. The number of hydrogen-bond donors (Lipinski definition) is 1. The average Bonchev–Trinajstić information content (AvgIpc) is 2.51. The van der Waals surface area contributed by atoms with Gasteiger partial charge >= 0.3 is 0 Å². The van der Waals surface area contributed by atoms with Crippen molar-refractivity contribution >= 4 is 5.91 Å². The summed E-state index contributed by atoms with van der Waals surface area (Å²) in [4.78, 5) is 14.5. The Balaban J connectivity index is 1.55. The van der Waals surface area contributed by atoms with Gasteiger partial charge in [0.05, 0.1) is 5.54 Å². The van der Waals surface area contributed by atoms with Gasteiger partial charge in [-0.1, -0.05) is 18.2 Å². The smallest absolute Gasteiger partial charge is 0.242 e. The van der Waals surface area contributed by atoms with Crippen LogP contribution in [0.25, 0.3) is 0 Å². The van der Waals surface area contributed by atoms with Crippen molar-refractivity contribution in [3.63, 3.8) is 0 Å². The molecule has 2 N–H and O–H groups in total. The predicted octanol–water partition coefficient (Wildman–Crippen LogP) is 2.88. The second-order valence-electron chi connectivity index (χ2n) is 6.90. The van der Waals surface area contributed by atoms with E-state index in [2.05, 4.69) is 0 Å². The lowest BCUT2D eigenvalue weighted by Crippen LogP contribution is -2.60. The van der Waals surface area contributed by atoms with E-state index in [4.69, 9.17) is 5.73 Å². The molecule has 1 aromatic carbocycles. The fourth-order valence-corrected chi connectivity index (χ4v) is 3.63. The number of nitrogens with two attached hydrogens (primary N) is 1. The largest absolute Gasteiger partial charge is 0.341 e. The summed E-state index contributed by atoms with van der Waals surface area (Å²) < 4.78 is 13.7. The summed E-state index contributed by atoms with van der Waals surface area (Å²) in [6.07, 6.45) is 6.53. The van der Waals surface area contributed by atoms with Crippen LogP contribution in [0.2, 0.25) is 0 Å². The molecule has 4 heteroatoms. The topological polar surface area (TPSA) is 46.3 Å². The van der Waals surface area contributed by atoms with E-state index in [0.717, 1.165) is 63.6 Å². The molecule has 120 valence electrons. The molecule has 1 aliphatic carbocycles. The first-order valence-corrected chi connectivity index (χ1v) is 8.40. The second kappa shape index (κ2) is 6.37. The van der Waals surface area contributed by atoms with Gasteiger partial charge in [0.1, 0.15) is 5.82 Å². The summed E-state index contributed by atoms with van der Waals surface area (Å²) in [6, 6.07) is 6.97. The van der Waals surface area contributed by atoms with Crippen molar-refractivity contribution in [1.29, 1.82) is 0 Å². The summed E-state index contributed by atoms with van der Waals surface area (Å²) in [7, 11) is 0. The van der Waals surface area contributed by atoms with E-state index in [1.165, 1.54) is 6.07 Å². The molecule has 22 heavy (non-hydrogen) atoms. The maximum absolute atomic E-state index is 13.7. The molecule has 1 aromatic rings. The number of halogens is 1. The third kappa shape index (κ3) is 3.17. The lowest BCUT2D eigenvalue weighted by molar-refractivity contribution is -0.142. The molecule has 2 fully saturated rings. The van der Waals surface area contributed by atoms with E-state index < -0.39 is 5.54 Å². The average molecular weight is 304 g/mol. The molecule has 0 aromatic heterocycles. The predicted molar refractivity (Wildman–Crippen MR) is 84.8 cm³/mol. The van der Waals surface area contributed by atoms with Gasteiger partial charge in [0.25, 0.3) is 0 Å². The Morgan fingerprint density at radius 3 is 2.77 bits per heavy atom. The molecule has 2 aliphatic rings. The minimum atomic E-state index is -0.590. The number of benzene rings is 1. The van der Waals surface area contributed by atoms with E-state index in [9.17, 15) is 9.18 Å². The van der Waals surface area contributed by atoms with E-state index in [0.29, 0.717) is 5.92 Å². The van der Waals surface area contributed by atoms with Crippen LogP contribution in [0.4, 0.5) is 4.39 Å². The highest BCUT2D eigenvalue weighted by Gasteiger charge is 2.43. The number of hydrogen-bond acceptors (Lipinski definition) is 2. The SMILES string of the molecule is NC1(C(=O)N2CCC[C@H](CCc3ccccc3F)C2)CCC1. The first kappa shape index (κ1) is 15.5. The first-order chi connectivity index (χ1) is 10.6.